The van der Waals surface area contributed by atoms with E-state index in [0.717, 1.165) is 25.3 Å². The predicted octanol–water partition coefficient (Wildman–Crippen LogP) is 1.87. The van der Waals surface area contributed by atoms with Crippen LogP contribution in [0.25, 0.3) is 0 Å². The smallest absolute Gasteiger partial charge is 0.414 e. The highest BCUT2D eigenvalue weighted by Crippen LogP contribution is 2.16. The minimum Gasteiger partial charge on any atom is -0.493 e. The van der Waals surface area contributed by atoms with Crippen LogP contribution in [0.2, 0.25) is 0 Å². The third kappa shape index (κ3) is 10.4. The lowest BCUT2D eigenvalue weighted by atomic mass is 10.2. The summed E-state index contributed by atoms with van der Waals surface area (Å²) in [6, 6.07) is 8.16. The number of hydrogen-bond acceptors (Lipinski definition) is 4. The lowest BCUT2D eigenvalue weighted by Crippen LogP contribution is -2.13. The number of nitrogens with zero attached hydrogens (tertiary/aromatic N) is 1. The van der Waals surface area contributed by atoms with Crippen molar-refractivity contribution in [3.63, 3.8) is 0 Å². The Kier molecular flexibility index (Phi) is 9.62. The number of rotatable bonds is 6. The second-order valence-corrected chi connectivity index (χ2v) is 4.73. The predicted molar refractivity (Wildman–Crippen MR) is 79.7 cm³/mol. The van der Waals surface area contributed by atoms with Gasteiger partial charge in [0, 0.05) is 0 Å². The first-order valence-corrected chi connectivity index (χ1v) is 6.64. The summed E-state index contributed by atoms with van der Waals surface area (Å²) >= 11 is 0. The number of hydrogen-bond donors (Lipinski definition) is 2. The van der Waals surface area contributed by atoms with Crippen molar-refractivity contribution >= 4 is 11.9 Å². The summed E-state index contributed by atoms with van der Waals surface area (Å²) < 4.78 is 5.70. The van der Waals surface area contributed by atoms with Crippen molar-refractivity contribution in [3.05, 3.63) is 29.8 Å². The molecule has 1 aromatic rings. The van der Waals surface area contributed by atoms with E-state index in [9.17, 15) is 0 Å². The summed E-state index contributed by atoms with van der Waals surface area (Å²) in [5, 5.41) is 14.8. The maximum absolute atomic E-state index is 9.10. The van der Waals surface area contributed by atoms with Crippen LogP contribution in [0.3, 0.4) is 0 Å². The molecule has 6 heteroatoms. The van der Waals surface area contributed by atoms with E-state index in [2.05, 4.69) is 32.0 Å². The number of aliphatic carboxylic acids is 2. The Morgan fingerprint density at radius 2 is 1.67 bits per heavy atom. The first-order chi connectivity index (χ1) is 9.84. The number of unbranched alkanes of at least 4 members (excludes halogenated alkanes) is 1. The van der Waals surface area contributed by atoms with E-state index in [1.54, 1.807) is 0 Å². The van der Waals surface area contributed by atoms with Gasteiger partial charge in [-0.25, -0.2) is 9.59 Å². The summed E-state index contributed by atoms with van der Waals surface area (Å²) in [5.41, 5.74) is 1.21. The summed E-state index contributed by atoms with van der Waals surface area (Å²) in [4.78, 5) is 20.4. The average molecular weight is 297 g/mol. The molecule has 0 atom stereocenters. The molecular formula is C15H23NO5. The van der Waals surface area contributed by atoms with E-state index < -0.39 is 11.9 Å². The maximum Gasteiger partial charge on any atom is 0.414 e. The van der Waals surface area contributed by atoms with Gasteiger partial charge in [0.15, 0.2) is 0 Å². The molecule has 118 valence electrons. The third-order valence-corrected chi connectivity index (χ3v) is 2.53. The molecule has 0 radical (unpaired) electrons. The number of carboxylic acids is 2. The fourth-order valence-electron chi connectivity index (χ4n) is 1.43. The summed E-state index contributed by atoms with van der Waals surface area (Å²) in [6.07, 6.45) is 2.31. The van der Waals surface area contributed by atoms with Crippen LogP contribution in [0.1, 0.15) is 18.4 Å². The molecule has 0 aliphatic rings. The van der Waals surface area contributed by atoms with Gasteiger partial charge >= 0.3 is 11.9 Å². The van der Waals surface area contributed by atoms with Crippen molar-refractivity contribution in [2.24, 2.45) is 0 Å². The van der Waals surface area contributed by atoms with Crippen LogP contribution in [0, 0.1) is 6.92 Å². The van der Waals surface area contributed by atoms with Crippen LogP contribution in [0.5, 0.6) is 5.75 Å². The van der Waals surface area contributed by atoms with Gasteiger partial charge in [0.2, 0.25) is 0 Å². The van der Waals surface area contributed by atoms with Gasteiger partial charge in [-0.1, -0.05) is 18.2 Å². The van der Waals surface area contributed by atoms with E-state index in [1.165, 1.54) is 12.0 Å². The third-order valence-electron chi connectivity index (χ3n) is 2.53. The van der Waals surface area contributed by atoms with Gasteiger partial charge in [-0.3, -0.25) is 0 Å². The first kappa shape index (κ1) is 18.9. The first-order valence-electron chi connectivity index (χ1n) is 6.64. The lowest BCUT2D eigenvalue weighted by molar-refractivity contribution is -0.159. The van der Waals surface area contributed by atoms with E-state index in [-0.39, 0.29) is 0 Å². The number of ether oxygens (including phenoxy) is 1. The SMILES string of the molecule is Cc1ccccc1OCCCCN(C)C.O=C(O)C(=O)O. The molecule has 0 fully saturated rings. The minimum absolute atomic E-state index is 0.818. The lowest BCUT2D eigenvalue weighted by Gasteiger charge is -2.10. The summed E-state index contributed by atoms with van der Waals surface area (Å²) in [7, 11) is 4.20. The molecule has 0 saturated carbocycles. The molecule has 1 aromatic carbocycles. The second-order valence-electron chi connectivity index (χ2n) is 4.73. The molecule has 0 saturated heterocycles. The minimum atomic E-state index is -1.82. The Bertz CT molecular complexity index is 433. The molecule has 0 bridgehead atoms. The zero-order valence-corrected chi connectivity index (χ0v) is 12.7. The van der Waals surface area contributed by atoms with Crippen LogP contribution in [0.4, 0.5) is 0 Å². The van der Waals surface area contributed by atoms with Crippen molar-refractivity contribution < 1.29 is 24.5 Å². The van der Waals surface area contributed by atoms with Crippen molar-refractivity contribution in [1.82, 2.24) is 4.90 Å². The molecule has 0 aromatic heterocycles. The topological polar surface area (TPSA) is 87.1 Å². The maximum atomic E-state index is 9.10. The molecule has 6 nitrogen and oxygen atoms in total. The normalized spacial score (nSPS) is 9.71. The molecule has 1 rings (SSSR count). The molecule has 0 amide bonds. The molecule has 0 spiro atoms. The fourth-order valence-corrected chi connectivity index (χ4v) is 1.43. The number of aryl methyl sites for hydroxylation is 1. The molecule has 0 unspecified atom stereocenters. The van der Waals surface area contributed by atoms with E-state index >= 15 is 0 Å². The Morgan fingerprint density at radius 1 is 1.10 bits per heavy atom. The largest absolute Gasteiger partial charge is 0.493 e. The number of para-hydroxylation sites is 1. The van der Waals surface area contributed by atoms with Crippen molar-refractivity contribution in [2.75, 3.05) is 27.2 Å². The van der Waals surface area contributed by atoms with Gasteiger partial charge < -0.3 is 19.8 Å². The van der Waals surface area contributed by atoms with Crippen LogP contribution < -0.4 is 4.74 Å². The Balaban J connectivity index is 0.000000567. The van der Waals surface area contributed by atoms with E-state index in [4.69, 9.17) is 24.5 Å². The summed E-state index contributed by atoms with van der Waals surface area (Å²) in [6.45, 7) is 4.03. The highest BCUT2D eigenvalue weighted by Gasteiger charge is 2.04. The van der Waals surface area contributed by atoms with Crippen molar-refractivity contribution in [2.45, 2.75) is 19.8 Å². The zero-order valence-electron chi connectivity index (χ0n) is 12.7. The van der Waals surface area contributed by atoms with Crippen LogP contribution in [0.15, 0.2) is 24.3 Å². The fraction of sp³-hybridized carbons (Fsp3) is 0.467. The summed E-state index contributed by atoms with van der Waals surface area (Å²) in [5.74, 6) is -2.63. The Labute approximate surface area is 125 Å². The molecule has 21 heavy (non-hydrogen) atoms. The molecule has 0 aliphatic heterocycles. The van der Waals surface area contributed by atoms with Crippen molar-refractivity contribution in [1.29, 1.82) is 0 Å². The number of carboxylic acid groups (broad SMARTS) is 2. The Morgan fingerprint density at radius 3 is 2.14 bits per heavy atom. The van der Waals surface area contributed by atoms with Crippen molar-refractivity contribution in [3.8, 4) is 5.75 Å². The van der Waals surface area contributed by atoms with Gasteiger partial charge in [-0.15, -0.1) is 0 Å². The standard InChI is InChI=1S/C13H21NO.C2H2O4/c1-12-8-4-5-9-13(12)15-11-7-6-10-14(2)3;3-1(4)2(5)6/h4-5,8-9H,6-7,10-11H2,1-3H3;(H,3,4)(H,5,6). The van der Waals surface area contributed by atoms with Crippen LogP contribution in [-0.2, 0) is 9.59 Å². The van der Waals surface area contributed by atoms with Gasteiger partial charge in [0.25, 0.3) is 0 Å². The second kappa shape index (κ2) is 10.7. The molecular weight excluding hydrogens is 274 g/mol. The average Bonchev–Trinajstić information content (AvgIpc) is 2.40. The highest BCUT2D eigenvalue weighted by atomic mass is 16.5. The van der Waals surface area contributed by atoms with Gasteiger partial charge in [-0.2, -0.15) is 0 Å². The molecule has 2 N–H and O–H groups in total. The number of benzene rings is 1. The monoisotopic (exact) mass is 297 g/mol. The van der Waals surface area contributed by atoms with E-state index in [0.29, 0.717) is 0 Å². The van der Waals surface area contributed by atoms with E-state index in [1.807, 2.05) is 18.2 Å². The van der Waals surface area contributed by atoms with Crippen LogP contribution in [-0.4, -0.2) is 54.3 Å². The van der Waals surface area contributed by atoms with Crippen LogP contribution >= 0.6 is 0 Å². The van der Waals surface area contributed by atoms with Gasteiger partial charge in [0.1, 0.15) is 5.75 Å². The van der Waals surface area contributed by atoms with Gasteiger partial charge in [-0.05, 0) is 52.0 Å². The number of carbonyl (C=O) groups is 2. The highest BCUT2D eigenvalue weighted by molar-refractivity contribution is 6.27. The zero-order chi connectivity index (χ0) is 16.3. The molecule has 0 heterocycles. The molecule has 0 aliphatic carbocycles. The Hall–Kier alpha value is -2.08. The quantitative estimate of drug-likeness (QED) is 0.616. The van der Waals surface area contributed by atoms with Gasteiger partial charge in [0.05, 0.1) is 6.61 Å².